The van der Waals surface area contributed by atoms with Crippen LogP contribution in [0.1, 0.15) is 11.1 Å². The van der Waals surface area contributed by atoms with E-state index in [0.29, 0.717) is 0 Å². The van der Waals surface area contributed by atoms with Crippen LogP contribution >= 0.6 is 0 Å². The molecule has 0 N–H and O–H groups in total. The fourth-order valence-corrected chi connectivity index (χ4v) is 2.23. The largest absolute Gasteiger partial charge is 0.328 e. The molecule has 0 heterocycles. The second-order valence-corrected chi connectivity index (χ2v) is 6.17. The minimum Gasteiger partial charge on any atom is -0.328 e. The standard InChI is InChI=1S/C15H20N2.C8H10/c1-5-10-14(6-2)17(13-16(3)4)15-11-8-7-9-12-15;1-7-3-5-8(2)6-4-7/h5-12H,1-2,13H2,3-4H3;3-6H,1-2H3/b14-10+;. The van der Waals surface area contributed by atoms with Crippen LogP contribution in [0.25, 0.3) is 0 Å². The summed E-state index contributed by atoms with van der Waals surface area (Å²) < 4.78 is 0. The van der Waals surface area contributed by atoms with E-state index in [1.54, 1.807) is 6.08 Å². The molecule has 0 aliphatic carbocycles. The van der Waals surface area contributed by atoms with E-state index in [2.05, 4.69) is 73.2 Å². The van der Waals surface area contributed by atoms with Gasteiger partial charge in [0.25, 0.3) is 0 Å². The zero-order valence-electron chi connectivity index (χ0n) is 15.9. The Kier molecular flexibility index (Phi) is 9.05. The van der Waals surface area contributed by atoms with E-state index in [1.165, 1.54) is 11.1 Å². The maximum absolute atomic E-state index is 3.86. The average Bonchev–Trinajstić information content (AvgIpc) is 2.61. The molecule has 2 aromatic rings. The molecule has 0 aromatic heterocycles. The quantitative estimate of drug-likeness (QED) is 0.503. The second-order valence-electron chi connectivity index (χ2n) is 6.17. The number of benzene rings is 2. The summed E-state index contributed by atoms with van der Waals surface area (Å²) in [7, 11) is 4.09. The molecule has 0 atom stereocenters. The van der Waals surface area contributed by atoms with E-state index in [4.69, 9.17) is 0 Å². The number of para-hydroxylation sites is 1. The third kappa shape index (κ3) is 7.69. The van der Waals surface area contributed by atoms with Crippen LogP contribution in [-0.4, -0.2) is 25.7 Å². The van der Waals surface area contributed by atoms with Crippen molar-refractivity contribution in [3.63, 3.8) is 0 Å². The molecule has 0 unspecified atom stereocenters. The van der Waals surface area contributed by atoms with Crippen molar-refractivity contribution in [1.82, 2.24) is 4.90 Å². The lowest BCUT2D eigenvalue weighted by molar-refractivity contribution is 0.414. The van der Waals surface area contributed by atoms with Crippen LogP contribution in [0, 0.1) is 13.8 Å². The minimum absolute atomic E-state index is 0.801. The Labute approximate surface area is 153 Å². The number of anilines is 1. The van der Waals surface area contributed by atoms with E-state index in [-0.39, 0.29) is 0 Å². The Morgan fingerprint density at radius 1 is 0.880 bits per heavy atom. The van der Waals surface area contributed by atoms with Gasteiger partial charge in [0.2, 0.25) is 0 Å². The van der Waals surface area contributed by atoms with Gasteiger partial charge in [0, 0.05) is 11.4 Å². The molecule has 25 heavy (non-hydrogen) atoms. The lowest BCUT2D eigenvalue weighted by Gasteiger charge is -2.28. The molecule has 0 amide bonds. The maximum Gasteiger partial charge on any atom is 0.0751 e. The summed E-state index contributed by atoms with van der Waals surface area (Å²) in [5.41, 5.74) is 4.85. The number of nitrogens with zero attached hydrogens (tertiary/aromatic N) is 2. The van der Waals surface area contributed by atoms with Crippen molar-refractivity contribution >= 4 is 5.69 Å². The molecule has 0 saturated heterocycles. The number of allylic oxidation sites excluding steroid dienone is 3. The first kappa shape index (κ1) is 20.5. The topological polar surface area (TPSA) is 6.48 Å². The molecule has 0 spiro atoms. The SMILES string of the molecule is C=C/C=C(\C=C)N(CN(C)C)c1ccccc1.Cc1ccc(C)cc1. The number of rotatable bonds is 6. The number of aryl methyl sites for hydroxylation is 2. The summed E-state index contributed by atoms with van der Waals surface area (Å²) in [6.45, 7) is 12.6. The summed E-state index contributed by atoms with van der Waals surface area (Å²) in [5, 5.41) is 0. The van der Waals surface area contributed by atoms with Crippen LogP contribution in [0.5, 0.6) is 0 Å². The van der Waals surface area contributed by atoms with E-state index in [9.17, 15) is 0 Å². The second kappa shape index (κ2) is 11.1. The van der Waals surface area contributed by atoms with Crippen molar-refractivity contribution in [2.24, 2.45) is 0 Å². The van der Waals surface area contributed by atoms with Crippen molar-refractivity contribution in [1.29, 1.82) is 0 Å². The van der Waals surface area contributed by atoms with Gasteiger partial charge in [-0.25, -0.2) is 0 Å². The Morgan fingerprint density at radius 3 is 1.80 bits per heavy atom. The molecular formula is C23H30N2. The lowest BCUT2D eigenvalue weighted by Crippen LogP contribution is -2.32. The molecule has 0 bridgehead atoms. The smallest absolute Gasteiger partial charge is 0.0751 e. The number of hydrogen-bond acceptors (Lipinski definition) is 2. The van der Waals surface area contributed by atoms with Crippen LogP contribution < -0.4 is 4.90 Å². The molecule has 0 saturated carbocycles. The van der Waals surface area contributed by atoms with Crippen molar-refractivity contribution in [2.75, 3.05) is 25.7 Å². The Hall–Kier alpha value is -2.58. The minimum atomic E-state index is 0.801. The molecule has 132 valence electrons. The molecule has 2 heteroatoms. The summed E-state index contributed by atoms with van der Waals surface area (Å²) >= 11 is 0. The van der Waals surface area contributed by atoms with Gasteiger partial charge >= 0.3 is 0 Å². The zero-order valence-corrected chi connectivity index (χ0v) is 15.9. The highest BCUT2D eigenvalue weighted by Gasteiger charge is 2.09. The maximum atomic E-state index is 3.86. The van der Waals surface area contributed by atoms with E-state index in [0.717, 1.165) is 18.1 Å². The van der Waals surface area contributed by atoms with E-state index >= 15 is 0 Å². The fraction of sp³-hybridized carbons (Fsp3) is 0.217. The third-order valence-electron chi connectivity index (χ3n) is 3.52. The molecule has 0 aliphatic rings. The molecular weight excluding hydrogens is 304 g/mol. The van der Waals surface area contributed by atoms with Gasteiger partial charge < -0.3 is 4.90 Å². The average molecular weight is 335 g/mol. The first-order valence-electron chi connectivity index (χ1n) is 8.43. The molecule has 0 aliphatic heterocycles. The van der Waals surface area contributed by atoms with E-state index in [1.807, 2.05) is 44.4 Å². The van der Waals surface area contributed by atoms with Crippen molar-refractivity contribution in [3.8, 4) is 0 Å². The normalized spacial score (nSPS) is 10.7. The summed E-state index contributed by atoms with van der Waals surface area (Å²) in [5.74, 6) is 0. The van der Waals surface area contributed by atoms with Gasteiger partial charge in [-0.05, 0) is 52.2 Å². The highest BCUT2D eigenvalue weighted by Crippen LogP contribution is 2.19. The third-order valence-corrected chi connectivity index (χ3v) is 3.52. The summed E-state index contributed by atoms with van der Waals surface area (Å²) in [6.07, 6.45) is 5.59. The molecule has 2 nitrogen and oxygen atoms in total. The molecule has 0 fully saturated rings. The first-order valence-corrected chi connectivity index (χ1v) is 8.43. The highest BCUT2D eigenvalue weighted by atomic mass is 15.3. The molecule has 0 radical (unpaired) electrons. The van der Waals surface area contributed by atoms with Gasteiger partial charge in [-0.1, -0.05) is 72.8 Å². The monoisotopic (exact) mass is 334 g/mol. The van der Waals surface area contributed by atoms with Crippen LogP contribution in [0.4, 0.5) is 5.69 Å². The Bertz CT molecular complexity index is 646. The highest BCUT2D eigenvalue weighted by molar-refractivity contribution is 5.54. The van der Waals surface area contributed by atoms with Crippen LogP contribution in [0.3, 0.4) is 0 Å². The first-order chi connectivity index (χ1) is 12.0. The van der Waals surface area contributed by atoms with Gasteiger partial charge in [0.1, 0.15) is 0 Å². The summed E-state index contributed by atoms with van der Waals surface area (Å²) in [4.78, 5) is 4.31. The van der Waals surface area contributed by atoms with Crippen LogP contribution in [0.2, 0.25) is 0 Å². The predicted octanol–water partition coefficient (Wildman–Crippen LogP) is 5.57. The predicted molar refractivity (Wildman–Crippen MR) is 112 cm³/mol. The van der Waals surface area contributed by atoms with Crippen molar-refractivity contribution in [3.05, 3.63) is 103 Å². The van der Waals surface area contributed by atoms with Crippen molar-refractivity contribution in [2.45, 2.75) is 13.8 Å². The van der Waals surface area contributed by atoms with Crippen LogP contribution in [0.15, 0.2) is 91.7 Å². The van der Waals surface area contributed by atoms with Crippen molar-refractivity contribution < 1.29 is 0 Å². The van der Waals surface area contributed by atoms with Gasteiger partial charge in [-0.2, -0.15) is 0 Å². The van der Waals surface area contributed by atoms with Gasteiger partial charge in [-0.3, -0.25) is 4.90 Å². The molecule has 2 aromatic carbocycles. The molecule has 2 rings (SSSR count). The Balaban J connectivity index is 0.000000324. The van der Waals surface area contributed by atoms with Crippen LogP contribution in [-0.2, 0) is 0 Å². The fourth-order valence-electron chi connectivity index (χ4n) is 2.23. The Morgan fingerprint density at radius 2 is 1.40 bits per heavy atom. The zero-order chi connectivity index (χ0) is 18.7. The van der Waals surface area contributed by atoms with Gasteiger partial charge in [0.15, 0.2) is 0 Å². The van der Waals surface area contributed by atoms with Gasteiger partial charge in [0.05, 0.1) is 6.67 Å². The lowest BCUT2D eigenvalue weighted by atomic mass is 10.2. The van der Waals surface area contributed by atoms with Gasteiger partial charge in [-0.15, -0.1) is 0 Å². The summed E-state index contributed by atoms with van der Waals surface area (Å²) in [6, 6.07) is 18.7. The number of hydrogen-bond donors (Lipinski definition) is 0. The van der Waals surface area contributed by atoms with E-state index < -0.39 is 0 Å².